The highest BCUT2D eigenvalue weighted by atomic mass is 35.5. The van der Waals surface area contributed by atoms with E-state index >= 15 is 0 Å². The second kappa shape index (κ2) is 4.70. The van der Waals surface area contributed by atoms with E-state index < -0.39 is 6.10 Å². The molecule has 0 saturated carbocycles. The molecule has 0 saturated heterocycles. The van der Waals surface area contributed by atoms with Gasteiger partial charge in [0.1, 0.15) is 5.75 Å². The highest BCUT2D eigenvalue weighted by Crippen LogP contribution is 2.27. The third-order valence-corrected chi connectivity index (χ3v) is 2.29. The van der Waals surface area contributed by atoms with Crippen molar-refractivity contribution in [2.75, 3.05) is 13.0 Å². The third-order valence-electron chi connectivity index (χ3n) is 1.71. The van der Waals surface area contributed by atoms with Gasteiger partial charge in [0.05, 0.1) is 24.1 Å². The van der Waals surface area contributed by atoms with Gasteiger partial charge >= 0.3 is 0 Å². The van der Waals surface area contributed by atoms with Gasteiger partial charge in [0.2, 0.25) is 0 Å². The number of ether oxygens (including phenoxy) is 1. The first kappa shape index (κ1) is 10.6. The lowest BCUT2D eigenvalue weighted by molar-refractivity contribution is 0.202. The summed E-state index contributed by atoms with van der Waals surface area (Å²) in [4.78, 5) is 0. The van der Waals surface area contributed by atoms with Gasteiger partial charge in [-0.15, -0.1) is 11.6 Å². The molecule has 13 heavy (non-hydrogen) atoms. The maximum Gasteiger partial charge on any atom is 0.137 e. The molecule has 1 aromatic rings. The molecule has 0 heterocycles. The SMILES string of the molecule is COc1ccc([C@H](O)CCl)cc1Cl. The Balaban J connectivity index is 2.95. The number of alkyl halides is 1. The van der Waals surface area contributed by atoms with Crippen LogP contribution in [0.1, 0.15) is 11.7 Å². The summed E-state index contributed by atoms with van der Waals surface area (Å²) in [5.41, 5.74) is 0.695. The second-order valence-electron chi connectivity index (χ2n) is 2.56. The van der Waals surface area contributed by atoms with Crippen molar-refractivity contribution >= 4 is 23.2 Å². The van der Waals surface area contributed by atoms with Crippen LogP contribution in [0.15, 0.2) is 18.2 Å². The molecular formula is C9H10Cl2O2. The van der Waals surface area contributed by atoms with Crippen LogP contribution < -0.4 is 4.74 Å². The maximum absolute atomic E-state index is 9.39. The molecule has 4 heteroatoms. The molecule has 0 unspecified atom stereocenters. The van der Waals surface area contributed by atoms with E-state index in [2.05, 4.69) is 0 Å². The minimum absolute atomic E-state index is 0.155. The molecule has 0 amide bonds. The zero-order valence-corrected chi connectivity index (χ0v) is 8.64. The van der Waals surface area contributed by atoms with Crippen molar-refractivity contribution in [3.05, 3.63) is 28.8 Å². The van der Waals surface area contributed by atoms with E-state index in [0.717, 1.165) is 0 Å². The largest absolute Gasteiger partial charge is 0.495 e. The molecule has 1 aromatic carbocycles. The number of rotatable bonds is 3. The molecule has 2 nitrogen and oxygen atoms in total. The molecule has 1 N–H and O–H groups in total. The van der Waals surface area contributed by atoms with Crippen LogP contribution in [0.25, 0.3) is 0 Å². The number of hydrogen-bond donors (Lipinski definition) is 1. The van der Waals surface area contributed by atoms with Gasteiger partial charge in [0.25, 0.3) is 0 Å². The van der Waals surface area contributed by atoms with Crippen LogP contribution in [-0.2, 0) is 0 Å². The molecule has 0 spiro atoms. The molecule has 0 radical (unpaired) electrons. The van der Waals surface area contributed by atoms with Gasteiger partial charge in [0, 0.05) is 0 Å². The Bertz CT molecular complexity index is 289. The number of benzene rings is 1. The number of hydrogen-bond acceptors (Lipinski definition) is 2. The van der Waals surface area contributed by atoms with Crippen LogP contribution in [-0.4, -0.2) is 18.1 Å². The normalized spacial score (nSPS) is 12.6. The summed E-state index contributed by atoms with van der Waals surface area (Å²) in [6.45, 7) is 0. The lowest BCUT2D eigenvalue weighted by Gasteiger charge is -2.09. The third kappa shape index (κ3) is 2.50. The first-order valence-electron chi connectivity index (χ1n) is 3.76. The molecule has 0 fully saturated rings. The fourth-order valence-corrected chi connectivity index (χ4v) is 1.42. The van der Waals surface area contributed by atoms with Crippen molar-refractivity contribution in [3.63, 3.8) is 0 Å². The van der Waals surface area contributed by atoms with Gasteiger partial charge in [-0.25, -0.2) is 0 Å². The van der Waals surface area contributed by atoms with E-state index in [1.54, 1.807) is 25.3 Å². The van der Waals surface area contributed by atoms with E-state index in [1.165, 1.54) is 0 Å². The summed E-state index contributed by atoms with van der Waals surface area (Å²) >= 11 is 11.3. The highest BCUT2D eigenvalue weighted by Gasteiger charge is 2.08. The van der Waals surface area contributed by atoms with Crippen LogP contribution in [0.5, 0.6) is 5.75 Å². The molecule has 0 aliphatic carbocycles. The monoisotopic (exact) mass is 220 g/mol. The average Bonchev–Trinajstić information content (AvgIpc) is 2.16. The van der Waals surface area contributed by atoms with Gasteiger partial charge in [-0.1, -0.05) is 17.7 Å². The fraction of sp³-hybridized carbons (Fsp3) is 0.333. The van der Waals surface area contributed by atoms with Crippen molar-refractivity contribution in [1.29, 1.82) is 0 Å². The van der Waals surface area contributed by atoms with E-state index in [1.807, 2.05) is 0 Å². The summed E-state index contributed by atoms with van der Waals surface area (Å²) in [5.74, 6) is 0.745. The molecule has 1 atom stereocenters. The predicted molar refractivity (Wildman–Crippen MR) is 53.7 cm³/mol. The molecule has 72 valence electrons. The number of aliphatic hydroxyl groups is 1. The average molecular weight is 221 g/mol. The van der Waals surface area contributed by atoms with Gasteiger partial charge in [-0.2, -0.15) is 0 Å². The molecule has 0 aromatic heterocycles. The van der Waals surface area contributed by atoms with Crippen molar-refractivity contribution in [1.82, 2.24) is 0 Å². The Hall–Kier alpha value is -0.440. The van der Waals surface area contributed by atoms with Crippen molar-refractivity contribution in [3.8, 4) is 5.75 Å². The Morgan fingerprint density at radius 3 is 2.69 bits per heavy atom. The number of methoxy groups -OCH3 is 1. The lowest BCUT2D eigenvalue weighted by Crippen LogP contribution is -1.98. The standard InChI is InChI=1S/C9H10Cl2O2/c1-13-9-3-2-6(4-7(9)11)8(12)5-10/h2-4,8,12H,5H2,1H3/t8-/m1/s1. The fourth-order valence-electron chi connectivity index (χ4n) is 0.979. The van der Waals surface area contributed by atoms with E-state index in [-0.39, 0.29) is 5.88 Å². The Kier molecular flexibility index (Phi) is 3.85. The van der Waals surface area contributed by atoms with Gasteiger partial charge in [-0.05, 0) is 17.7 Å². The quantitative estimate of drug-likeness (QED) is 0.795. The highest BCUT2D eigenvalue weighted by molar-refractivity contribution is 6.32. The topological polar surface area (TPSA) is 29.5 Å². The predicted octanol–water partition coefficient (Wildman–Crippen LogP) is 2.62. The molecular weight excluding hydrogens is 211 g/mol. The minimum atomic E-state index is -0.676. The van der Waals surface area contributed by atoms with E-state index in [0.29, 0.717) is 16.3 Å². The zero-order valence-electron chi connectivity index (χ0n) is 7.13. The Morgan fingerprint density at radius 1 is 1.54 bits per heavy atom. The summed E-state index contributed by atoms with van der Waals surface area (Å²) < 4.78 is 4.97. The first-order chi connectivity index (χ1) is 6.19. The van der Waals surface area contributed by atoms with Crippen LogP contribution in [0.3, 0.4) is 0 Å². The van der Waals surface area contributed by atoms with Crippen molar-refractivity contribution in [2.45, 2.75) is 6.10 Å². The van der Waals surface area contributed by atoms with Gasteiger partial charge < -0.3 is 9.84 Å². The van der Waals surface area contributed by atoms with Crippen LogP contribution in [0, 0.1) is 0 Å². The summed E-state index contributed by atoms with van der Waals surface area (Å²) in [6.07, 6.45) is -0.676. The number of halogens is 2. The van der Waals surface area contributed by atoms with Gasteiger partial charge in [-0.3, -0.25) is 0 Å². The summed E-state index contributed by atoms with van der Waals surface area (Å²) in [5, 5.41) is 9.86. The lowest BCUT2D eigenvalue weighted by atomic mass is 10.1. The number of aliphatic hydroxyl groups excluding tert-OH is 1. The smallest absolute Gasteiger partial charge is 0.137 e. The van der Waals surface area contributed by atoms with Crippen LogP contribution >= 0.6 is 23.2 Å². The molecule has 0 bridgehead atoms. The summed E-state index contributed by atoms with van der Waals surface area (Å²) in [6, 6.07) is 5.08. The van der Waals surface area contributed by atoms with E-state index in [4.69, 9.17) is 27.9 Å². The van der Waals surface area contributed by atoms with Gasteiger partial charge in [0.15, 0.2) is 0 Å². The first-order valence-corrected chi connectivity index (χ1v) is 4.67. The van der Waals surface area contributed by atoms with Crippen LogP contribution in [0.2, 0.25) is 5.02 Å². The molecule has 0 aliphatic rings. The van der Waals surface area contributed by atoms with Crippen molar-refractivity contribution in [2.24, 2.45) is 0 Å². The molecule has 0 aliphatic heterocycles. The zero-order chi connectivity index (χ0) is 9.84. The maximum atomic E-state index is 9.39. The Morgan fingerprint density at radius 2 is 2.23 bits per heavy atom. The summed E-state index contributed by atoms with van der Waals surface area (Å²) in [7, 11) is 1.54. The Labute approximate surface area is 87.0 Å². The minimum Gasteiger partial charge on any atom is -0.495 e. The second-order valence-corrected chi connectivity index (χ2v) is 3.28. The van der Waals surface area contributed by atoms with Crippen LogP contribution in [0.4, 0.5) is 0 Å². The molecule has 1 rings (SSSR count). The van der Waals surface area contributed by atoms with E-state index in [9.17, 15) is 5.11 Å². The van der Waals surface area contributed by atoms with Crippen molar-refractivity contribution < 1.29 is 9.84 Å².